The zero-order valence-corrected chi connectivity index (χ0v) is 7.22. The smallest absolute Gasteiger partial charge is 0.351 e. The van der Waals surface area contributed by atoms with E-state index in [1.54, 1.807) is 6.92 Å². The van der Waals surface area contributed by atoms with Crippen LogP contribution in [0.5, 0.6) is 5.88 Å². The minimum absolute atomic E-state index is 0.0503. The summed E-state index contributed by atoms with van der Waals surface area (Å²) in [5, 5.41) is 8.84. The van der Waals surface area contributed by atoms with E-state index in [0.717, 1.165) is 11.3 Å². The van der Waals surface area contributed by atoms with Gasteiger partial charge in [0.2, 0.25) is 5.88 Å². The van der Waals surface area contributed by atoms with Gasteiger partial charge in [-0.15, -0.1) is 0 Å². The molecule has 0 bridgehead atoms. The highest BCUT2D eigenvalue weighted by Gasteiger charge is 2.16. The van der Waals surface area contributed by atoms with Crippen molar-refractivity contribution in [3.05, 3.63) is 4.88 Å². The average molecular weight is 188 g/mol. The van der Waals surface area contributed by atoms with Crippen molar-refractivity contribution in [1.82, 2.24) is 4.98 Å². The molecule has 3 N–H and O–H groups in total. The Bertz CT molecular complexity index is 297. The number of aromatic carboxylic acids is 1. The Balaban J connectivity index is 2.99. The van der Waals surface area contributed by atoms with Crippen molar-refractivity contribution >= 4 is 22.4 Å². The maximum absolute atomic E-state index is 10.5. The van der Waals surface area contributed by atoms with Crippen LogP contribution in [0.25, 0.3) is 0 Å². The predicted molar refractivity (Wildman–Crippen MR) is 44.7 cm³/mol. The Morgan fingerprint density at radius 2 is 2.50 bits per heavy atom. The van der Waals surface area contributed by atoms with E-state index in [1.807, 2.05) is 0 Å². The van der Waals surface area contributed by atoms with Gasteiger partial charge in [0.05, 0.1) is 6.61 Å². The lowest BCUT2D eigenvalue weighted by Gasteiger charge is -1.97. The van der Waals surface area contributed by atoms with Crippen molar-refractivity contribution in [2.75, 3.05) is 12.3 Å². The molecule has 0 saturated heterocycles. The van der Waals surface area contributed by atoms with E-state index in [-0.39, 0.29) is 15.9 Å². The highest BCUT2D eigenvalue weighted by atomic mass is 32.1. The van der Waals surface area contributed by atoms with Gasteiger partial charge in [-0.2, -0.15) is 4.98 Å². The number of rotatable bonds is 3. The lowest BCUT2D eigenvalue weighted by molar-refractivity contribution is 0.0697. The zero-order chi connectivity index (χ0) is 9.14. The number of carboxylic acids is 1. The molecule has 0 saturated carbocycles. The third-order valence-electron chi connectivity index (χ3n) is 1.09. The Kier molecular flexibility index (Phi) is 2.49. The number of nitrogens with two attached hydrogens (primary N) is 1. The molecule has 0 spiro atoms. The Hall–Kier alpha value is -1.30. The SMILES string of the molecule is CCOc1nc(N)sc1C(=O)O. The number of carbonyl (C=O) groups is 1. The fourth-order valence-corrected chi connectivity index (χ4v) is 1.31. The van der Waals surface area contributed by atoms with Crippen molar-refractivity contribution < 1.29 is 14.6 Å². The summed E-state index contributed by atoms with van der Waals surface area (Å²) >= 11 is 0.905. The molecule has 1 heterocycles. The zero-order valence-electron chi connectivity index (χ0n) is 6.40. The van der Waals surface area contributed by atoms with E-state index in [4.69, 9.17) is 15.6 Å². The molecule has 1 aromatic heterocycles. The largest absolute Gasteiger partial charge is 0.477 e. The van der Waals surface area contributed by atoms with Crippen LogP contribution in [0, 0.1) is 0 Å². The van der Waals surface area contributed by atoms with Crippen LogP contribution < -0.4 is 10.5 Å². The molecule has 0 amide bonds. The Labute approximate surface area is 72.8 Å². The molecule has 0 atom stereocenters. The number of carboxylic acid groups (broad SMARTS) is 1. The third-order valence-corrected chi connectivity index (χ3v) is 1.94. The first kappa shape index (κ1) is 8.79. The van der Waals surface area contributed by atoms with Crippen molar-refractivity contribution in [2.45, 2.75) is 6.92 Å². The molecule has 0 aromatic carbocycles. The first-order valence-electron chi connectivity index (χ1n) is 3.27. The summed E-state index contributed by atoms with van der Waals surface area (Å²) in [7, 11) is 0. The van der Waals surface area contributed by atoms with Crippen molar-refractivity contribution in [1.29, 1.82) is 0 Å². The molecule has 0 fully saturated rings. The molecule has 0 radical (unpaired) electrons. The summed E-state index contributed by atoms with van der Waals surface area (Å²) in [6.07, 6.45) is 0. The van der Waals surface area contributed by atoms with E-state index in [0.29, 0.717) is 6.61 Å². The lowest BCUT2D eigenvalue weighted by atomic mass is 10.5. The van der Waals surface area contributed by atoms with Crippen LogP contribution in [-0.4, -0.2) is 22.7 Å². The van der Waals surface area contributed by atoms with Gasteiger partial charge in [0.25, 0.3) is 0 Å². The van der Waals surface area contributed by atoms with Crippen LogP contribution in [0.1, 0.15) is 16.6 Å². The minimum Gasteiger partial charge on any atom is -0.477 e. The van der Waals surface area contributed by atoms with Crippen LogP contribution in [0.3, 0.4) is 0 Å². The van der Waals surface area contributed by atoms with Gasteiger partial charge in [0.1, 0.15) is 0 Å². The second-order valence-electron chi connectivity index (χ2n) is 1.92. The molecular formula is C6H8N2O3S. The van der Waals surface area contributed by atoms with Gasteiger partial charge >= 0.3 is 5.97 Å². The number of nitrogen functional groups attached to an aromatic ring is 1. The van der Waals surface area contributed by atoms with Gasteiger partial charge < -0.3 is 15.6 Å². The van der Waals surface area contributed by atoms with Gasteiger partial charge in [0.15, 0.2) is 10.0 Å². The molecule has 1 aromatic rings. The van der Waals surface area contributed by atoms with Gasteiger partial charge in [-0.3, -0.25) is 0 Å². The molecular weight excluding hydrogens is 180 g/mol. The molecule has 5 nitrogen and oxygen atoms in total. The number of hydrogen-bond acceptors (Lipinski definition) is 5. The maximum atomic E-state index is 10.5. The highest BCUT2D eigenvalue weighted by molar-refractivity contribution is 7.17. The summed E-state index contributed by atoms with van der Waals surface area (Å²) in [5.74, 6) is -0.958. The van der Waals surface area contributed by atoms with Crippen LogP contribution in [0.15, 0.2) is 0 Å². The van der Waals surface area contributed by atoms with Crippen molar-refractivity contribution in [3.63, 3.8) is 0 Å². The molecule has 1 rings (SSSR count). The van der Waals surface area contributed by atoms with Gasteiger partial charge in [-0.25, -0.2) is 4.79 Å². The normalized spacial score (nSPS) is 9.75. The standard InChI is InChI=1S/C6H8N2O3S/c1-2-11-4-3(5(9)10)12-6(7)8-4/h2H2,1H3,(H2,7,8)(H,9,10). The second kappa shape index (κ2) is 3.40. The van der Waals surface area contributed by atoms with E-state index in [1.165, 1.54) is 0 Å². The van der Waals surface area contributed by atoms with Gasteiger partial charge in [-0.1, -0.05) is 11.3 Å². The highest BCUT2D eigenvalue weighted by Crippen LogP contribution is 2.26. The summed E-state index contributed by atoms with van der Waals surface area (Å²) in [5.41, 5.74) is 5.31. The molecule has 0 aliphatic heterocycles. The lowest BCUT2D eigenvalue weighted by Crippen LogP contribution is -1.99. The molecule has 0 unspecified atom stereocenters. The number of nitrogens with zero attached hydrogens (tertiary/aromatic N) is 1. The quantitative estimate of drug-likeness (QED) is 0.733. The number of thiazole rings is 1. The second-order valence-corrected chi connectivity index (χ2v) is 2.96. The molecule has 66 valence electrons. The minimum atomic E-state index is -1.06. The molecule has 0 aliphatic rings. The number of hydrogen-bond donors (Lipinski definition) is 2. The average Bonchev–Trinajstić information content (AvgIpc) is 2.32. The number of ether oxygens (including phenoxy) is 1. The summed E-state index contributed by atoms with van der Waals surface area (Å²) < 4.78 is 4.96. The van der Waals surface area contributed by atoms with Crippen molar-refractivity contribution in [2.24, 2.45) is 0 Å². The van der Waals surface area contributed by atoms with Gasteiger partial charge in [-0.05, 0) is 6.92 Å². The molecule has 12 heavy (non-hydrogen) atoms. The number of aromatic nitrogens is 1. The monoisotopic (exact) mass is 188 g/mol. The number of anilines is 1. The first-order chi connectivity index (χ1) is 5.65. The van der Waals surface area contributed by atoms with Crippen LogP contribution in [0.4, 0.5) is 5.13 Å². The van der Waals surface area contributed by atoms with Gasteiger partial charge in [0, 0.05) is 0 Å². The van der Waals surface area contributed by atoms with Crippen LogP contribution in [-0.2, 0) is 0 Å². The summed E-state index contributed by atoms with van der Waals surface area (Å²) in [4.78, 5) is 14.3. The molecule has 6 heteroatoms. The topological polar surface area (TPSA) is 85.4 Å². The van der Waals surface area contributed by atoms with Crippen LogP contribution in [0.2, 0.25) is 0 Å². The predicted octanol–water partition coefficient (Wildman–Crippen LogP) is 0.822. The summed E-state index contributed by atoms with van der Waals surface area (Å²) in [6, 6.07) is 0. The Morgan fingerprint density at radius 3 is 3.00 bits per heavy atom. The molecule has 0 aliphatic carbocycles. The van der Waals surface area contributed by atoms with E-state index in [9.17, 15) is 4.79 Å². The maximum Gasteiger partial charge on any atom is 0.351 e. The van der Waals surface area contributed by atoms with Crippen molar-refractivity contribution in [3.8, 4) is 5.88 Å². The fourth-order valence-electron chi connectivity index (χ4n) is 0.692. The van der Waals surface area contributed by atoms with E-state index >= 15 is 0 Å². The van der Waals surface area contributed by atoms with E-state index < -0.39 is 5.97 Å². The summed E-state index contributed by atoms with van der Waals surface area (Å²) in [6.45, 7) is 2.13. The van der Waals surface area contributed by atoms with E-state index in [2.05, 4.69) is 4.98 Å². The fraction of sp³-hybridized carbons (Fsp3) is 0.333. The van der Waals surface area contributed by atoms with Crippen LogP contribution >= 0.6 is 11.3 Å². The first-order valence-corrected chi connectivity index (χ1v) is 4.09. The third kappa shape index (κ3) is 1.65. The Morgan fingerprint density at radius 1 is 1.83 bits per heavy atom.